The summed E-state index contributed by atoms with van der Waals surface area (Å²) in [5.41, 5.74) is 4.40. The number of carbonyl (C=O) groups is 1. The normalized spacial score (nSPS) is 10.7. The van der Waals surface area contributed by atoms with Crippen molar-refractivity contribution >= 4 is 39.5 Å². The number of aromatic carboxylic acids is 1. The Bertz CT molecular complexity index is 1150. The Morgan fingerprint density at radius 3 is 2.52 bits per heavy atom. The standard InChI is InChI=1S/C24H22N2O2S2.Na.H/c1-16(2)17-8-10-18(11-9-17)22-15-30-24(25-22)26(14-21-7-4-12-29-21)20-6-3-5-19(13-20)23(27)28;;/h3-13,15-16H,14H2,1-2H3,(H,27,28);;/q;+1;-1. The molecule has 2 aromatic heterocycles. The van der Waals surface area contributed by atoms with Gasteiger partial charge in [0.1, 0.15) is 0 Å². The number of carboxylic acid groups (broad SMARTS) is 1. The van der Waals surface area contributed by atoms with Gasteiger partial charge in [-0.2, -0.15) is 0 Å². The van der Waals surface area contributed by atoms with E-state index in [0.717, 1.165) is 22.1 Å². The van der Waals surface area contributed by atoms with Crippen LogP contribution in [0.5, 0.6) is 0 Å². The first-order valence-corrected chi connectivity index (χ1v) is 11.5. The summed E-state index contributed by atoms with van der Waals surface area (Å²) in [6.07, 6.45) is 0. The molecule has 154 valence electrons. The molecule has 0 atom stereocenters. The number of rotatable bonds is 7. The van der Waals surface area contributed by atoms with Gasteiger partial charge < -0.3 is 11.4 Å². The van der Waals surface area contributed by atoms with Crippen molar-refractivity contribution in [2.45, 2.75) is 26.3 Å². The Morgan fingerprint density at radius 2 is 1.87 bits per heavy atom. The van der Waals surface area contributed by atoms with Crippen molar-refractivity contribution in [3.63, 3.8) is 0 Å². The second-order valence-electron chi connectivity index (χ2n) is 7.31. The maximum Gasteiger partial charge on any atom is 1.00 e. The molecule has 1 N–H and O–H groups in total. The van der Waals surface area contributed by atoms with E-state index in [0.29, 0.717) is 12.5 Å². The molecule has 4 nitrogen and oxygen atoms in total. The molecule has 0 aliphatic rings. The van der Waals surface area contributed by atoms with Crippen LogP contribution < -0.4 is 34.5 Å². The van der Waals surface area contributed by atoms with E-state index in [1.54, 1.807) is 40.9 Å². The second-order valence-corrected chi connectivity index (χ2v) is 9.18. The number of thiophene rings is 1. The summed E-state index contributed by atoms with van der Waals surface area (Å²) < 4.78 is 0. The van der Waals surface area contributed by atoms with E-state index >= 15 is 0 Å². The first kappa shape index (κ1) is 23.7. The Hall–Kier alpha value is -1.96. The Kier molecular flexibility index (Phi) is 8.08. The zero-order chi connectivity index (χ0) is 21.1. The van der Waals surface area contributed by atoms with Crippen LogP contribution in [0.1, 0.15) is 42.0 Å². The molecule has 0 saturated carbocycles. The van der Waals surface area contributed by atoms with Gasteiger partial charge in [-0.3, -0.25) is 0 Å². The number of benzene rings is 2. The summed E-state index contributed by atoms with van der Waals surface area (Å²) in [6.45, 7) is 5.01. The summed E-state index contributed by atoms with van der Waals surface area (Å²) >= 11 is 3.24. The summed E-state index contributed by atoms with van der Waals surface area (Å²) in [7, 11) is 0. The molecule has 7 heteroatoms. The summed E-state index contributed by atoms with van der Waals surface area (Å²) in [4.78, 5) is 19.6. The molecular formula is C24H23N2NaO2S2. The molecule has 31 heavy (non-hydrogen) atoms. The average molecular weight is 459 g/mol. The monoisotopic (exact) mass is 458 g/mol. The number of nitrogens with zero attached hydrogens (tertiary/aromatic N) is 2. The van der Waals surface area contributed by atoms with Crippen molar-refractivity contribution in [3.8, 4) is 11.3 Å². The average Bonchev–Trinajstić information content (AvgIpc) is 3.44. The zero-order valence-corrected chi connectivity index (χ0v) is 21.4. The summed E-state index contributed by atoms with van der Waals surface area (Å²) in [6, 6.07) is 19.7. The predicted molar refractivity (Wildman–Crippen MR) is 126 cm³/mol. The molecule has 0 radical (unpaired) electrons. The smallest absolute Gasteiger partial charge is 1.00 e. The number of hydrogen-bond acceptors (Lipinski definition) is 5. The number of aromatic nitrogens is 1. The van der Waals surface area contributed by atoms with Crippen LogP contribution in [0.2, 0.25) is 0 Å². The van der Waals surface area contributed by atoms with Crippen molar-refractivity contribution in [3.05, 3.63) is 87.4 Å². The van der Waals surface area contributed by atoms with Gasteiger partial charge in [-0.15, -0.1) is 22.7 Å². The molecule has 0 fully saturated rings. The van der Waals surface area contributed by atoms with Crippen LogP contribution in [-0.4, -0.2) is 16.1 Å². The van der Waals surface area contributed by atoms with Crippen molar-refractivity contribution in [2.24, 2.45) is 0 Å². The van der Waals surface area contributed by atoms with E-state index in [1.807, 2.05) is 17.5 Å². The molecule has 0 aliphatic carbocycles. The first-order chi connectivity index (χ1) is 14.5. The fraction of sp³-hybridized carbons (Fsp3) is 0.167. The molecule has 0 amide bonds. The molecule has 0 spiro atoms. The third-order valence-electron chi connectivity index (χ3n) is 4.89. The van der Waals surface area contributed by atoms with Crippen molar-refractivity contribution in [2.75, 3.05) is 4.90 Å². The topological polar surface area (TPSA) is 53.4 Å². The van der Waals surface area contributed by atoms with Gasteiger partial charge in [-0.05, 0) is 41.1 Å². The van der Waals surface area contributed by atoms with Gasteiger partial charge in [0.2, 0.25) is 0 Å². The van der Waals surface area contributed by atoms with Gasteiger partial charge in [0.15, 0.2) is 5.13 Å². The van der Waals surface area contributed by atoms with E-state index in [4.69, 9.17) is 4.98 Å². The Balaban J connectivity index is 0.00000181. The van der Waals surface area contributed by atoms with Crippen LogP contribution in [-0.2, 0) is 6.54 Å². The van der Waals surface area contributed by atoms with Crippen molar-refractivity contribution in [1.29, 1.82) is 0 Å². The molecular weight excluding hydrogens is 435 g/mol. The largest absolute Gasteiger partial charge is 1.00 e. The maximum atomic E-state index is 11.5. The zero-order valence-electron chi connectivity index (χ0n) is 18.8. The molecule has 0 unspecified atom stereocenters. The minimum absolute atomic E-state index is 0. The van der Waals surface area contributed by atoms with Gasteiger partial charge >= 0.3 is 35.5 Å². The third kappa shape index (κ3) is 5.64. The summed E-state index contributed by atoms with van der Waals surface area (Å²) in [5, 5.41) is 14.3. The van der Waals surface area contributed by atoms with Gasteiger partial charge in [0.25, 0.3) is 0 Å². The molecule has 0 bridgehead atoms. The number of hydrogen-bond donors (Lipinski definition) is 1. The van der Waals surface area contributed by atoms with Crippen LogP contribution in [0.15, 0.2) is 71.4 Å². The number of thiazole rings is 1. The fourth-order valence-corrected chi connectivity index (χ4v) is 4.74. The minimum Gasteiger partial charge on any atom is -1.00 e. The number of anilines is 2. The van der Waals surface area contributed by atoms with E-state index in [-0.39, 0.29) is 36.5 Å². The van der Waals surface area contributed by atoms with E-state index in [2.05, 4.69) is 54.5 Å². The molecule has 4 aromatic rings. The molecule has 4 rings (SSSR count). The quantitative estimate of drug-likeness (QED) is 0.423. The molecule has 0 aliphatic heterocycles. The first-order valence-electron chi connectivity index (χ1n) is 9.70. The predicted octanol–water partition coefficient (Wildman–Crippen LogP) is 4.15. The van der Waals surface area contributed by atoms with Gasteiger partial charge in [-0.1, -0.05) is 50.2 Å². The van der Waals surface area contributed by atoms with Crippen LogP contribution in [0, 0.1) is 0 Å². The molecule has 2 heterocycles. The molecule has 2 aromatic carbocycles. The second kappa shape index (κ2) is 10.6. The van der Waals surface area contributed by atoms with Crippen molar-refractivity contribution in [1.82, 2.24) is 4.98 Å². The van der Waals surface area contributed by atoms with Crippen LogP contribution >= 0.6 is 22.7 Å². The Morgan fingerprint density at radius 1 is 1.10 bits per heavy atom. The van der Waals surface area contributed by atoms with Crippen molar-refractivity contribution < 1.29 is 40.9 Å². The van der Waals surface area contributed by atoms with E-state index < -0.39 is 5.97 Å². The van der Waals surface area contributed by atoms with Crippen LogP contribution in [0.3, 0.4) is 0 Å². The van der Waals surface area contributed by atoms with Gasteiger partial charge in [-0.25, -0.2) is 9.78 Å². The minimum atomic E-state index is -0.932. The maximum absolute atomic E-state index is 11.5. The van der Waals surface area contributed by atoms with E-state index in [1.165, 1.54) is 10.4 Å². The van der Waals surface area contributed by atoms with Crippen LogP contribution in [0.4, 0.5) is 10.8 Å². The van der Waals surface area contributed by atoms with Gasteiger partial charge in [0.05, 0.1) is 17.8 Å². The van der Waals surface area contributed by atoms with Crippen LogP contribution in [0.25, 0.3) is 11.3 Å². The molecule has 0 saturated heterocycles. The number of carboxylic acids is 1. The summed E-state index contributed by atoms with van der Waals surface area (Å²) in [5.74, 6) is -0.439. The SMILES string of the molecule is CC(C)c1ccc(-c2csc(N(Cc3cccs3)c3cccc(C(=O)O)c3)n2)cc1.[H-].[Na+]. The Labute approximate surface area is 214 Å². The van der Waals surface area contributed by atoms with Gasteiger partial charge in [0, 0.05) is 21.5 Å². The van der Waals surface area contributed by atoms with E-state index in [9.17, 15) is 9.90 Å². The third-order valence-corrected chi connectivity index (χ3v) is 6.62. The fourth-order valence-electron chi connectivity index (χ4n) is 3.19.